The van der Waals surface area contributed by atoms with Crippen molar-refractivity contribution in [3.05, 3.63) is 57.5 Å². The van der Waals surface area contributed by atoms with Gasteiger partial charge in [0.2, 0.25) is 0 Å². The summed E-state index contributed by atoms with van der Waals surface area (Å²) in [6.07, 6.45) is -5.80. The lowest BCUT2D eigenvalue weighted by molar-refractivity contribution is -0.289. The van der Waals surface area contributed by atoms with Gasteiger partial charge in [-0.25, -0.2) is 0 Å². The van der Waals surface area contributed by atoms with E-state index in [2.05, 4.69) is 4.98 Å². The minimum absolute atomic E-state index is 0.231. The molecule has 0 fully saturated rings. The molecule has 0 unspecified atom stereocenters. The average Bonchev–Trinajstić information content (AvgIpc) is 2.45. The highest BCUT2D eigenvalue weighted by atomic mass is 19.4. The number of pyridine rings is 1. The van der Waals surface area contributed by atoms with Gasteiger partial charge in [0.05, 0.1) is 0 Å². The summed E-state index contributed by atoms with van der Waals surface area (Å²) in [6.45, 7) is 1.43. The summed E-state index contributed by atoms with van der Waals surface area (Å²) in [5.41, 5.74) is -3.24. The van der Waals surface area contributed by atoms with Gasteiger partial charge in [-0.2, -0.15) is 27.2 Å². The molecule has 0 aliphatic carbocycles. The van der Waals surface area contributed by atoms with Crippen LogP contribution in [0.5, 0.6) is 0 Å². The van der Waals surface area contributed by atoms with Crippen molar-refractivity contribution in [3.63, 3.8) is 0 Å². The molecule has 0 bridgehead atoms. The first-order chi connectivity index (χ1) is 10.6. The molecular formula is C15H9F5N2O. The third-order valence-corrected chi connectivity index (χ3v) is 3.19. The van der Waals surface area contributed by atoms with Crippen molar-refractivity contribution >= 4 is 0 Å². The Kier molecular flexibility index (Phi) is 3.99. The maximum atomic E-state index is 13.8. The summed E-state index contributed by atoms with van der Waals surface area (Å²) in [7, 11) is 0. The van der Waals surface area contributed by atoms with E-state index < -0.39 is 34.3 Å². The van der Waals surface area contributed by atoms with Gasteiger partial charge in [-0.05, 0) is 18.6 Å². The zero-order chi connectivity index (χ0) is 17.4. The fourth-order valence-electron chi connectivity index (χ4n) is 2.16. The van der Waals surface area contributed by atoms with Crippen molar-refractivity contribution in [3.8, 4) is 17.2 Å². The van der Waals surface area contributed by atoms with Crippen LogP contribution in [-0.4, -0.2) is 11.2 Å². The Bertz CT molecular complexity index is 846. The van der Waals surface area contributed by atoms with Gasteiger partial charge in [0.15, 0.2) is 0 Å². The molecule has 120 valence electrons. The van der Waals surface area contributed by atoms with Gasteiger partial charge in [0.1, 0.15) is 11.6 Å². The number of halogens is 5. The van der Waals surface area contributed by atoms with Crippen molar-refractivity contribution in [2.45, 2.75) is 19.0 Å². The summed E-state index contributed by atoms with van der Waals surface area (Å²) in [5.74, 6) is -5.12. The molecule has 0 aliphatic rings. The first-order valence-corrected chi connectivity index (χ1v) is 6.28. The molecule has 0 atom stereocenters. The fourth-order valence-corrected chi connectivity index (χ4v) is 2.16. The standard InChI is InChI=1S/C15H9F5N2O/c1-8-6-10(11(7-21)13(23)22-8)9-4-2-3-5-12(9)14(16,17)15(18,19)20/h2-6H,1H3,(H,22,23). The number of benzene rings is 1. The van der Waals surface area contributed by atoms with E-state index in [0.29, 0.717) is 6.07 Å². The van der Waals surface area contributed by atoms with E-state index in [1.165, 1.54) is 25.1 Å². The van der Waals surface area contributed by atoms with Crippen molar-refractivity contribution in [1.29, 1.82) is 5.26 Å². The highest BCUT2D eigenvalue weighted by Crippen LogP contribution is 2.47. The normalized spacial score (nSPS) is 12.0. The molecule has 1 heterocycles. The topological polar surface area (TPSA) is 56.6 Å². The molecule has 0 aliphatic heterocycles. The molecule has 1 N–H and O–H groups in total. The molecule has 1 aromatic heterocycles. The predicted octanol–water partition coefficient (Wildman–Crippen LogP) is 3.88. The zero-order valence-corrected chi connectivity index (χ0v) is 11.6. The molecular weight excluding hydrogens is 319 g/mol. The third kappa shape index (κ3) is 2.82. The minimum Gasteiger partial charge on any atom is -0.325 e. The molecule has 23 heavy (non-hydrogen) atoms. The molecule has 8 heteroatoms. The van der Waals surface area contributed by atoms with Gasteiger partial charge >= 0.3 is 12.1 Å². The van der Waals surface area contributed by atoms with E-state index in [1.807, 2.05) is 0 Å². The second-order valence-corrected chi connectivity index (χ2v) is 4.80. The maximum absolute atomic E-state index is 13.8. The van der Waals surface area contributed by atoms with Crippen LogP contribution in [0.15, 0.2) is 35.1 Å². The lowest BCUT2D eigenvalue weighted by Crippen LogP contribution is -2.34. The zero-order valence-electron chi connectivity index (χ0n) is 11.6. The van der Waals surface area contributed by atoms with E-state index in [9.17, 15) is 26.7 Å². The van der Waals surface area contributed by atoms with Gasteiger partial charge in [-0.1, -0.05) is 24.3 Å². The molecule has 3 nitrogen and oxygen atoms in total. The number of nitrogens with one attached hydrogen (secondary N) is 1. The lowest BCUT2D eigenvalue weighted by atomic mass is 9.93. The summed E-state index contributed by atoms with van der Waals surface area (Å²) in [6, 6.07) is 6.65. The van der Waals surface area contributed by atoms with Crippen molar-refractivity contribution in [2.75, 3.05) is 0 Å². The minimum atomic E-state index is -5.80. The van der Waals surface area contributed by atoms with Crippen LogP contribution in [0.25, 0.3) is 11.1 Å². The summed E-state index contributed by atoms with van der Waals surface area (Å²) in [5, 5.41) is 9.03. The summed E-state index contributed by atoms with van der Waals surface area (Å²) in [4.78, 5) is 14.0. The second-order valence-electron chi connectivity index (χ2n) is 4.80. The Morgan fingerprint density at radius 1 is 1.09 bits per heavy atom. The van der Waals surface area contributed by atoms with Crippen LogP contribution >= 0.6 is 0 Å². The number of hydrogen-bond donors (Lipinski definition) is 1. The van der Waals surface area contributed by atoms with Crippen LogP contribution in [-0.2, 0) is 5.92 Å². The van der Waals surface area contributed by atoms with Crippen LogP contribution in [0.1, 0.15) is 16.8 Å². The van der Waals surface area contributed by atoms with E-state index in [1.54, 1.807) is 0 Å². The van der Waals surface area contributed by atoms with Crippen molar-refractivity contribution in [2.24, 2.45) is 0 Å². The van der Waals surface area contributed by atoms with Gasteiger partial charge in [-0.3, -0.25) is 4.79 Å². The Labute approximate surface area is 127 Å². The molecule has 1 aromatic carbocycles. The summed E-state index contributed by atoms with van der Waals surface area (Å²) < 4.78 is 65.5. The largest absolute Gasteiger partial charge is 0.458 e. The van der Waals surface area contributed by atoms with E-state index in [0.717, 1.165) is 12.1 Å². The summed E-state index contributed by atoms with van der Waals surface area (Å²) >= 11 is 0. The van der Waals surface area contributed by atoms with Gasteiger partial charge in [-0.15, -0.1) is 0 Å². The first-order valence-electron chi connectivity index (χ1n) is 6.28. The number of aromatic nitrogens is 1. The van der Waals surface area contributed by atoms with Gasteiger partial charge < -0.3 is 4.98 Å². The van der Waals surface area contributed by atoms with Crippen LogP contribution in [0.3, 0.4) is 0 Å². The number of nitriles is 1. The Morgan fingerprint density at radius 2 is 1.70 bits per heavy atom. The first kappa shape index (κ1) is 16.7. The Balaban J connectivity index is 2.84. The van der Waals surface area contributed by atoms with Crippen LogP contribution < -0.4 is 5.56 Å². The van der Waals surface area contributed by atoms with Crippen LogP contribution in [0, 0.1) is 18.3 Å². The van der Waals surface area contributed by atoms with Gasteiger partial charge in [0, 0.05) is 16.8 Å². The smallest absolute Gasteiger partial charge is 0.325 e. The Hall–Kier alpha value is -2.69. The molecule has 2 aromatic rings. The number of aryl methyl sites for hydroxylation is 1. The SMILES string of the molecule is Cc1cc(-c2ccccc2C(F)(F)C(F)(F)F)c(C#N)c(=O)[nH]1. The van der Waals surface area contributed by atoms with E-state index in [4.69, 9.17) is 5.26 Å². The maximum Gasteiger partial charge on any atom is 0.458 e. The molecule has 0 radical (unpaired) electrons. The number of nitrogens with zero attached hydrogens (tertiary/aromatic N) is 1. The molecule has 0 amide bonds. The molecule has 2 rings (SSSR count). The quantitative estimate of drug-likeness (QED) is 0.851. The van der Waals surface area contributed by atoms with Crippen molar-refractivity contribution in [1.82, 2.24) is 4.98 Å². The van der Waals surface area contributed by atoms with Crippen LogP contribution in [0.2, 0.25) is 0 Å². The van der Waals surface area contributed by atoms with Crippen LogP contribution in [0.4, 0.5) is 22.0 Å². The highest BCUT2D eigenvalue weighted by Gasteiger charge is 2.59. The lowest BCUT2D eigenvalue weighted by Gasteiger charge is -2.22. The number of alkyl halides is 5. The monoisotopic (exact) mass is 328 g/mol. The molecule has 0 spiro atoms. The molecule has 0 saturated heterocycles. The third-order valence-electron chi connectivity index (χ3n) is 3.19. The average molecular weight is 328 g/mol. The number of hydrogen-bond acceptors (Lipinski definition) is 2. The van der Waals surface area contributed by atoms with Crippen molar-refractivity contribution < 1.29 is 22.0 Å². The number of rotatable bonds is 2. The van der Waals surface area contributed by atoms with E-state index >= 15 is 0 Å². The highest BCUT2D eigenvalue weighted by molar-refractivity contribution is 5.74. The fraction of sp³-hybridized carbons (Fsp3) is 0.200. The number of H-pyrrole nitrogens is 1. The number of aromatic amines is 1. The van der Waals surface area contributed by atoms with E-state index in [-0.39, 0.29) is 11.3 Å². The van der Waals surface area contributed by atoms with Gasteiger partial charge in [0.25, 0.3) is 5.56 Å². The Morgan fingerprint density at radius 3 is 2.26 bits per heavy atom. The predicted molar refractivity (Wildman–Crippen MR) is 71.9 cm³/mol. The second kappa shape index (κ2) is 5.50. The molecule has 0 saturated carbocycles.